The zero-order chi connectivity index (χ0) is 14.7. The molecule has 0 radical (unpaired) electrons. The first-order valence-electron chi connectivity index (χ1n) is 6.89. The van der Waals surface area contributed by atoms with E-state index in [-0.39, 0.29) is 18.1 Å². The standard InChI is InChI=1S/C16H22N2O2/c1-5-20-16(19)15-14(17(2)3)11-13(18(15)4)12-9-7-6-8-10-12/h6-11,14-15H,5H2,1-4H3/t14-,15+/m0/s1. The first-order valence-corrected chi connectivity index (χ1v) is 6.89. The highest BCUT2D eigenvalue weighted by atomic mass is 16.5. The summed E-state index contributed by atoms with van der Waals surface area (Å²) in [6, 6.07) is 9.85. The van der Waals surface area contributed by atoms with Crippen LogP contribution in [0, 0.1) is 0 Å². The molecular weight excluding hydrogens is 252 g/mol. The van der Waals surface area contributed by atoms with Crippen molar-refractivity contribution in [1.29, 1.82) is 0 Å². The van der Waals surface area contributed by atoms with Crippen LogP contribution in [0.4, 0.5) is 0 Å². The van der Waals surface area contributed by atoms with Crippen LogP contribution in [0.15, 0.2) is 36.4 Å². The van der Waals surface area contributed by atoms with Gasteiger partial charge in [0.15, 0.2) is 0 Å². The number of ether oxygens (including phenoxy) is 1. The van der Waals surface area contributed by atoms with Gasteiger partial charge in [0, 0.05) is 12.7 Å². The van der Waals surface area contributed by atoms with Gasteiger partial charge in [0.05, 0.1) is 12.6 Å². The molecule has 0 N–H and O–H groups in total. The Morgan fingerprint density at radius 1 is 1.30 bits per heavy atom. The molecule has 1 aliphatic rings. The van der Waals surface area contributed by atoms with Gasteiger partial charge in [0.25, 0.3) is 0 Å². The molecule has 1 heterocycles. The van der Waals surface area contributed by atoms with Crippen LogP contribution in [-0.2, 0) is 9.53 Å². The molecule has 1 aromatic carbocycles. The molecule has 0 bridgehead atoms. The van der Waals surface area contributed by atoms with Gasteiger partial charge < -0.3 is 14.5 Å². The molecule has 2 atom stereocenters. The fourth-order valence-electron chi connectivity index (χ4n) is 2.61. The van der Waals surface area contributed by atoms with Gasteiger partial charge >= 0.3 is 5.97 Å². The van der Waals surface area contributed by atoms with Crippen LogP contribution in [0.3, 0.4) is 0 Å². The molecule has 1 aromatic rings. The summed E-state index contributed by atoms with van der Waals surface area (Å²) < 4.78 is 5.22. The van der Waals surface area contributed by atoms with Crippen molar-refractivity contribution in [2.24, 2.45) is 0 Å². The van der Waals surface area contributed by atoms with Crippen molar-refractivity contribution in [2.45, 2.75) is 19.0 Å². The van der Waals surface area contributed by atoms with Gasteiger partial charge in [-0.05, 0) is 32.7 Å². The van der Waals surface area contributed by atoms with E-state index in [4.69, 9.17) is 4.74 Å². The van der Waals surface area contributed by atoms with Crippen molar-refractivity contribution >= 4 is 11.7 Å². The van der Waals surface area contributed by atoms with Crippen LogP contribution in [0.2, 0.25) is 0 Å². The third kappa shape index (κ3) is 2.70. The van der Waals surface area contributed by atoms with Crippen molar-refractivity contribution in [2.75, 3.05) is 27.7 Å². The van der Waals surface area contributed by atoms with E-state index in [1.54, 1.807) is 0 Å². The molecule has 4 heteroatoms. The Bertz CT molecular complexity index is 496. The van der Waals surface area contributed by atoms with Crippen molar-refractivity contribution in [3.63, 3.8) is 0 Å². The zero-order valence-corrected chi connectivity index (χ0v) is 12.5. The Morgan fingerprint density at radius 3 is 2.50 bits per heavy atom. The molecule has 108 valence electrons. The Kier molecular flexibility index (Phi) is 4.45. The van der Waals surface area contributed by atoms with Gasteiger partial charge in [-0.3, -0.25) is 0 Å². The zero-order valence-electron chi connectivity index (χ0n) is 12.5. The summed E-state index contributed by atoms with van der Waals surface area (Å²) >= 11 is 0. The minimum atomic E-state index is -0.292. The fraction of sp³-hybridized carbons (Fsp3) is 0.438. The van der Waals surface area contributed by atoms with Gasteiger partial charge in [-0.1, -0.05) is 30.3 Å². The van der Waals surface area contributed by atoms with E-state index in [1.165, 1.54) is 0 Å². The molecule has 0 unspecified atom stereocenters. The number of esters is 1. The number of hydrogen-bond acceptors (Lipinski definition) is 4. The highest BCUT2D eigenvalue weighted by molar-refractivity contribution is 5.83. The Labute approximate surface area is 120 Å². The average Bonchev–Trinajstić information content (AvgIpc) is 2.78. The number of carbonyl (C=O) groups is 1. The van der Waals surface area contributed by atoms with Gasteiger partial charge in [0.1, 0.15) is 6.04 Å². The van der Waals surface area contributed by atoms with E-state index in [2.05, 4.69) is 18.2 Å². The maximum atomic E-state index is 12.2. The summed E-state index contributed by atoms with van der Waals surface area (Å²) in [5.74, 6) is -0.170. The van der Waals surface area contributed by atoms with Gasteiger partial charge in [-0.15, -0.1) is 0 Å². The third-order valence-corrected chi connectivity index (χ3v) is 3.64. The Hall–Kier alpha value is -1.81. The summed E-state index contributed by atoms with van der Waals surface area (Å²) in [7, 11) is 5.91. The SMILES string of the molecule is CCOC(=O)[C@H]1[C@@H](N(C)C)C=C(c2ccccc2)N1C. The Balaban J connectivity index is 2.32. The fourth-order valence-corrected chi connectivity index (χ4v) is 2.61. The lowest BCUT2D eigenvalue weighted by atomic mass is 10.1. The van der Waals surface area contributed by atoms with Crippen molar-refractivity contribution < 1.29 is 9.53 Å². The van der Waals surface area contributed by atoms with Crippen LogP contribution in [0.25, 0.3) is 5.70 Å². The van der Waals surface area contributed by atoms with E-state index in [0.29, 0.717) is 6.61 Å². The topological polar surface area (TPSA) is 32.8 Å². The van der Waals surface area contributed by atoms with Crippen LogP contribution in [0.5, 0.6) is 0 Å². The summed E-state index contributed by atoms with van der Waals surface area (Å²) in [6.07, 6.45) is 2.14. The van der Waals surface area contributed by atoms with E-state index in [0.717, 1.165) is 11.3 Å². The maximum absolute atomic E-state index is 12.2. The summed E-state index contributed by atoms with van der Waals surface area (Å²) in [5, 5.41) is 0. The van der Waals surface area contributed by atoms with Gasteiger partial charge in [0.2, 0.25) is 0 Å². The molecule has 2 rings (SSSR count). The van der Waals surface area contributed by atoms with Crippen molar-refractivity contribution in [3.8, 4) is 0 Å². The second kappa shape index (κ2) is 6.09. The van der Waals surface area contributed by atoms with Crippen LogP contribution >= 0.6 is 0 Å². The van der Waals surface area contributed by atoms with Crippen molar-refractivity contribution in [3.05, 3.63) is 42.0 Å². The smallest absolute Gasteiger partial charge is 0.330 e. The molecule has 0 aliphatic carbocycles. The molecule has 0 saturated carbocycles. The molecule has 0 aromatic heterocycles. The molecule has 0 saturated heterocycles. The second-order valence-corrected chi connectivity index (χ2v) is 5.18. The van der Waals surface area contributed by atoms with E-state index in [1.807, 2.05) is 56.1 Å². The second-order valence-electron chi connectivity index (χ2n) is 5.18. The summed E-state index contributed by atoms with van der Waals surface area (Å²) in [6.45, 7) is 2.24. The number of likely N-dealkylation sites (N-methyl/N-ethyl adjacent to an activating group) is 2. The predicted octanol–water partition coefficient (Wildman–Crippen LogP) is 1.83. The largest absolute Gasteiger partial charge is 0.464 e. The number of nitrogens with zero attached hydrogens (tertiary/aromatic N) is 2. The molecule has 1 aliphatic heterocycles. The minimum Gasteiger partial charge on any atom is -0.464 e. The van der Waals surface area contributed by atoms with Gasteiger partial charge in [-0.25, -0.2) is 4.79 Å². The minimum absolute atomic E-state index is 0.0225. The molecule has 0 fully saturated rings. The average molecular weight is 274 g/mol. The lowest BCUT2D eigenvalue weighted by Gasteiger charge is -2.29. The third-order valence-electron chi connectivity index (χ3n) is 3.64. The molecular formula is C16H22N2O2. The highest BCUT2D eigenvalue weighted by Crippen LogP contribution is 2.31. The summed E-state index contributed by atoms with van der Waals surface area (Å²) in [4.78, 5) is 16.3. The monoisotopic (exact) mass is 274 g/mol. The Morgan fingerprint density at radius 2 is 1.95 bits per heavy atom. The number of rotatable bonds is 4. The maximum Gasteiger partial charge on any atom is 0.330 e. The first-order chi connectivity index (χ1) is 9.56. The van der Waals surface area contributed by atoms with Crippen molar-refractivity contribution in [1.82, 2.24) is 9.80 Å². The number of carbonyl (C=O) groups excluding carboxylic acids is 1. The molecule has 0 amide bonds. The normalized spacial score (nSPS) is 22.1. The lowest BCUT2D eigenvalue weighted by Crippen LogP contribution is -2.47. The quantitative estimate of drug-likeness (QED) is 0.784. The first kappa shape index (κ1) is 14.6. The molecule has 4 nitrogen and oxygen atoms in total. The lowest BCUT2D eigenvalue weighted by molar-refractivity contribution is -0.148. The highest BCUT2D eigenvalue weighted by Gasteiger charge is 2.39. The van der Waals surface area contributed by atoms with E-state index in [9.17, 15) is 4.79 Å². The van der Waals surface area contributed by atoms with Crippen LogP contribution < -0.4 is 0 Å². The van der Waals surface area contributed by atoms with E-state index < -0.39 is 0 Å². The van der Waals surface area contributed by atoms with Gasteiger partial charge in [-0.2, -0.15) is 0 Å². The predicted molar refractivity (Wildman–Crippen MR) is 80.1 cm³/mol. The van der Waals surface area contributed by atoms with Crippen LogP contribution in [0.1, 0.15) is 12.5 Å². The molecule has 20 heavy (non-hydrogen) atoms. The number of hydrogen-bond donors (Lipinski definition) is 0. The van der Waals surface area contributed by atoms with Crippen LogP contribution in [-0.4, -0.2) is 55.6 Å². The number of benzene rings is 1. The summed E-state index contributed by atoms with van der Waals surface area (Å²) in [5.41, 5.74) is 2.19. The van der Waals surface area contributed by atoms with E-state index >= 15 is 0 Å². The molecule has 0 spiro atoms.